The summed E-state index contributed by atoms with van der Waals surface area (Å²) in [5.41, 5.74) is 2.20. The van der Waals surface area contributed by atoms with Crippen LogP contribution in [0.4, 0.5) is 0 Å². The standard InChI is InChI=1S/C12H8ClNO3/c1-14-8(12(15)16)5-10-11(14)7-3-2-6(13)4-9(7)17-10/h2-5H,1H3,(H,15,16). The molecule has 2 aromatic heterocycles. The van der Waals surface area contributed by atoms with Gasteiger partial charge in [-0.2, -0.15) is 0 Å². The molecule has 0 radical (unpaired) electrons. The van der Waals surface area contributed by atoms with Crippen molar-refractivity contribution in [1.29, 1.82) is 0 Å². The van der Waals surface area contributed by atoms with Crippen LogP contribution >= 0.6 is 11.6 Å². The molecule has 0 aliphatic rings. The quantitative estimate of drug-likeness (QED) is 0.720. The van der Waals surface area contributed by atoms with Crippen LogP contribution in [0.3, 0.4) is 0 Å². The van der Waals surface area contributed by atoms with Crippen LogP contribution in [0.1, 0.15) is 10.5 Å². The first kappa shape index (κ1) is 10.2. The maximum absolute atomic E-state index is 11.0. The minimum Gasteiger partial charge on any atom is -0.477 e. The number of rotatable bonds is 1. The minimum atomic E-state index is -0.971. The third-order valence-electron chi connectivity index (χ3n) is 2.84. The molecule has 86 valence electrons. The van der Waals surface area contributed by atoms with Crippen molar-refractivity contribution in [3.8, 4) is 0 Å². The van der Waals surface area contributed by atoms with E-state index >= 15 is 0 Å². The first-order valence-electron chi connectivity index (χ1n) is 4.98. The number of nitrogens with zero attached hydrogens (tertiary/aromatic N) is 1. The maximum atomic E-state index is 11.0. The van der Waals surface area contributed by atoms with E-state index in [0.717, 1.165) is 10.9 Å². The average molecular weight is 250 g/mol. The van der Waals surface area contributed by atoms with Crippen LogP contribution in [0.5, 0.6) is 0 Å². The van der Waals surface area contributed by atoms with Gasteiger partial charge in [-0.3, -0.25) is 0 Å². The second kappa shape index (κ2) is 3.28. The fraction of sp³-hybridized carbons (Fsp3) is 0.0833. The zero-order valence-electron chi connectivity index (χ0n) is 8.90. The number of aryl methyl sites for hydroxylation is 1. The number of hydrogen-bond acceptors (Lipinski definition) is 2. The number of hydrogen-bond donors (Lipinski definition) is 1. The summed E-state index contributed by atoms with van der Waals surface area (Å²) in [7, 11) is 1.70. The highest BCUT2D eigenvalue weighted by atomic mass is 35.5. The van der Waals surface area contributed by atoms with Gasteiger partial charge in [-0.1, -0.05) is 11.6 Å². The summed E-state index contributed by atoms with van der Waals surface area (Å²) in [6.45, 7) is 0. The monoisotopic (exact) mass is 249 g/mol. The highest BCUT2D eigenvalue weighted by Gasteiger charge is 2.17. The van der Waals surface area contributed by atoms with Crippen molar-refractivity contribution < 1.29 is 14.3 Å². The Kier molecular flexibility index (Phi) is 1.97. The first-order valence-corrected chi connectivity index (χ1v) is 5.36. The number of carboxylic acid groups (broad SMARTS) is 1. The number of aromatic nitrogens is 1. The SMILES string of the molecule is Cn1c(C(=O)O)cc2oc3cc(Cl)ccc3c21. The molecule has 0 amide bonds. The molecule has 0 bridgehead atoms. The molecule has 2 heterocycles. The predicted molar refractivity (Wildman–Crippen MR) is 64.7 cm³/mol. The molecule has 0 unspecified atom stereocenters. The summed E-state index contributed by atoms with van der Waals surface area (Å²) in [5.74, 6) is -0.971. The molecule has 0 atom stereocenters. The Hall–Kier alpha value is -1.94. The van der Waals surface area contributed by atoms with Crippen molar-refractivity contribution in [3.05, 3.63) is 35.0 Å². The molecule has 0 spiro atoms. The van der Waals surface area contributed by atoms with E-state index in [1.54, 1.807) is 23.7 Å². The predicted octanol–water partition coefficient (Wildman–Crippen LogP) is 3.28. The van der Waals surface area contributed by atoms with E-state index in [9.17, 15) is 4.79 Å². The minimum absolute atomic E-state index is 0.204. The lowest BCUT2D eigenvalue weighted by Gasteiger charge is -1.98. The van der Waals surface area contributed by atoms with Gasteiger partial charge < -0.3 is 14.1 Å². The summed E-state index contributed by atoms with van der Waals surface area (Å²) < 4.78 is 7.18. The molecule has 0 aliphatic heterocycles. The van der Waals surface area contributed by atoms with Crippen molar-refractivity contribution in [2.75, 3.05) is 0 Å². The van der Waals surface area contributed by atoms with Crippen molar-refractivity contribution in [2.45, 2.75) is 0 Å². The Balaban J connectivity index is 2.46. The molecule has 0 fully saturated rings. The van der Waals surface area contributed by atoms with Gasteiger partial charge in [-0.25, -0.2) is 4.79 Å². The fourth-order valence-electron chi connectivity index (χ4n) is 2.07. The Labute approximate surface area is 101 Å². The van der Waals surface area contributed by atoms with E-state index in [1.165, 1.54) is 6.07 Å². The lowest BCUT2D eigenvalue weighted by Crippen LogP contribution is -2.03. The molecule has 0 saturated carbocycles. The van der Waals surface area contributed by atoms with Gasteiger partial charge in [0.2, 0.25) is 0 Å². The third-order valence-corrected chi connectivity index (χ3v) is 3.07. The zero-order valence-corrected chi connectivity index (χ0v) is 9.65. The molecule has 4 nitrogen and oxygen atoms in total. The number of aromatic carboxylic acids is 1. The largest absolute Gasteiger partial charge is 0.477 e. The molecule has 1 aromatic carbocycles. The van der Waals surface area contributed by atoms with E-state index in [1.807, 2.05) is 6.07 Å². The van der Waals surface area contributed by atoms with Crippen LogP contribution in [0.25, 0.3) is 22.1 Å². The fourth-order valence-corrected chi connectivity index (χ4v) is 2.23. The highest BCUT2D eigenvalue weighted by molar-refractivity contribution is 6.31. The Morgan fingerprint density at radius 2 is 2.12 bits per heavy atom. The zero-order chi connectivity index (χ0) is 12.2. The lowest BCUT2D eigenvalue weighted by molar-refractivity contribution is 0.0687. The number of fused-ring (bicyclic) bond motifs is 3. The van der Waals surface area contributed by atoms with Crippen LogP contribution in [0.15, 0.2) is 28.7 Å². The Morgan fingerprint density at radius 3 is 2.82 bits per heavy atom. The smallest absolute Gasteiger partial charge is 0.352 e. The van der Waals surface area contributed by atoms with Gasteiger partial charge in [-0.15, -0.1) is 0 Å². The number of furan rings is 1. The van der Waals surface area contributed by atoms with Crippen LogP contribution in [0, 0.1) is 0 Å². The molecule has 0 aliphatic carbocycles. The van der Waals surface area contributed by atoms with E-state index in [2.05, 4.69) is 0 Å². The van der Waals surface area contributed by atoms with Gasteiger partial charge in [0.1, 0.15) is 11.3 Å². The van der Waals surface area contributed by atoms with Crippen molar-refractivity contribution >= 4 is 39.6 Å². The van der Waals surface area contributed by atoms with Gasteiger partial charge >= 0.3 is 5.97 Å². The van der Waals surface area contributed by atoms with Crippen LogP contribution < -0.4 is 0 Å². The molecule has 17 heavy (non-hydrogen) atoms. The van der Waals surface area contributed by atoms with E-state index in [0.29, 0.717) is 16.2 Å². The van der Waals surface area contributed by atoms with Crippen molar-refractivity contribution in [2.24, 2.45) is 7.05 Å². The summed E-state index contributed by atoms with van der Waals surface area (Å²) in [6, 6.07) is 6.82. The normalized spacial score (nSPS) is 11.4. The third kappa shape index (κ3) is 1.34. The van der Waals surface area contributed by atoms with Gasteiger partial charge in [0.05, 0.1) is 5.52 Å². The van der Waals surface area contributed by atoms with Crippen LogP contribution in [-0.2, 0) is 7.05 Å². The van der Waals surface area contributed by atoms with Crippen LogP contribution in [-0.4, -0.2) is 15.6 Å². The van der Waals surface area contributed by atoms with E-state index < -0.39 is 5.97 Å². The van der Waals surface area contributed by atoms with E-state index in [4.69, 9.17) is 21.1 Å². The Bertz CT molecular complexity index is 754. The highest BCUT2D eigenvalue weighted by Crippen LogP contribution is 2.32. The second-order valence-electron chi connectivity index (χ2n) is 3.85. The molecular formula is C12H8ClNO3. The summed E-state index contributed by atoms with van der Waals surface area (Å²) in [5, 5.41) is 10.5. The number of benzene rings is 1. The number of carboxylic acids is 1. The van der Waals surface area contributed by atoms with Gasteiger partial charge in [0, 0.05) is 29.6 Å². The average Bonchev–Trinajstić information content (AvgIpc) is 2.75. The number of halogens is 1. The summed E-state index contributed by atoms with van der Waals surface area (Å²) >= 11 is 5.87. The molecule has 1 N–H and O–H groups in total. The van der Waals surface area contributed by atoms with E-state index in [-0.39, 0.29) is 5.69 Å². The number of carbonyl (C=O) groups is 1. The van der Waals surface area contributed by atoms with Gasteiger partial charge in [-0.05, 0) is 12.1 Å². The maximum Gasteiger partial charge on any atom is 0.352 e. The molecular weight excluding hydrogens is 242 g/mol. The molecule has 3 aromatic rings. The van der Waals surface area contributed by atoms with Gasteiger partial charge in [0.25, 0.3) is 0 Å². The summed E-state index contributed by atoms with van der Waals surface area (Å²) in [6.07, 6.45) is 0. The topological polar surface area (TPSA) is 55.4 Å². The molecule has 5 heteroatoms. The first-order chi connectivity index (χ1) is 8.08. The summed E-state index contributed by atoms with van der Waals surface area (Å²) in [4.78, 5) is 11.0. The Morgan fingerprint density at radius 1 is 1.35 bits per heavy atom. The lowest BCUT2D eigenvalue weighted by atomic mass is 10.2. The molecule has 0 saturated heterocycles. The molecule has 3 rings (SSSR count). The van der Waals surface area contributed by atoms with Crippen molar-refractivity contribution in [1.82, 2.24) is 4.57 Å². The van der Waals surface area contributed by atoms with Crippen molar-refractivity contribution in [3.63, 3.8) is 0 Å². The van der Waals surface area contributed by atoms with Gasteiger partial charge in [0.15, 0.2) is 5.58 Å². The van der Waals surface area contributed by atoms with Crippen LogP contribution in [0.2, 0.25) is 5.02 Å². The second-order valence-corrected chi connectivity index (χ2v) is 4.29.